The number of hydrogen-bond acceptors (Lipinski definition) is 9. The lowest BCUT2D eigenvalue weighted by molar-refractivity contribution is -0.191. The number of benzene rings is 6. The van der Waals surface area contributed by atoms with E-state index in [9.17, 15) is 24.6 Å². The molecule has 5 aromatic rings. The number of amides is 1. The van der Waals surface area contributed by atoms with E-state index in [-0.39, 0.29) is 50.6 Å². The second-order valence-electron chi connectivity index (χ2n) is 13.8. The average Bonchev–Trinajstić information content (AvgIpc) is 3.19. The Bertz CT molecular complexity index is 3030. The zero-order chi connectivity index (χ0) is 42.1. The van der Waals surface area contributed by atoms with E-state index in [1.807, 2.05) is 61.5 Å². The Labute approximate surface area is 346 Å². The molecule has 0 radical (unpaired) electrons. The number of phenols is 1. The van der Waals surface area contributed by atoms with Crippen molar-refractivity contribution >= 4 is 70.0 Å². The number of nitrogens with one attached hydrogen (secondary N) is 1. The van der Waals surface area contributed by atoms with Gasteiger partial charge in [-0.25, -0.2) is 4.79 Å². The molecule has 5 aromatic carbocycles. The van der Waals surface area contributed by atoms with Gasteiger partial charge < -0.3 is 29.6 Å². The maximum Gasteiger partial charge on any atom is 0.373 e. The Hall–Kier alpha value is -7.17. The molecule has 11 nitrogen and oxygen atoms in total. The Balaban J connectivity index is 0.00000171. The van der Waals surface area contributed by atoms with Crippen LogP contribution in [0.1, 0.15) is 37.4 Å². The number of aromatic hydroxyl groups is 1. The summed E-state index contributed by atoms with van der Waals surface area (Å²) in [6, 6.07) is 29.6. The number of carbonyl (C=O) groups is 2. The van der Waals surface area contributed by atoms with Gasteiger partial charge in [0, 0.05) is 83.0 Å². The molecule has 0 aromatic heterocycles. The summed E-state index contributed by atoms with van der Waals surface area (Å²) in [6.07, 6.45) is 0.703. The van der Waals surface area contributed by atoms with Crippen LogP contribution in [0.3, 0.4) is 0 Å². The highest BCUT2D eigenvalue weighted by atomic mass is 35.5. The minimum absolute atomic E-state index is 0.0344. The average molecular weight is 828 g/mol. The highest BCUT2D eigenvalue weighted by Crippen LogP contribution is 2.44. The van der Waals surface area contributed by atoms with Gasteiger partial charge in [-0.2, -0.15) is 9.59 Å². The highest BCUT2D eigenvalue weighted by Gasteiger charge is 2.31. The first-order chi connectivity index (χ1) is 28.3. The minimum Gasteiger partial charge on any atom is -0.508 e. The molecule has 0 fully saturated rings. The van der Waals surface area contributed by atoms with Gasteiger partial charge >= 0.3 is 12.1 Å². The van der Waals surface area contributed by atoms with Crippen molar-refractivity contribution in [3.8, 4) is 39.7 Å². The van der Waals surface area contributed by atoms with Crippen LogP contribution in [-0.2, 0) is 16.0 Å². The number of ether oxygens (including phenoxy) is 1. The van der Waals surface area contributed by atoms with E-state index in [1.54, 1.807) is 36.4 Å². The fourth-order valence-electron chi connectivity index (χ4n) is 7.13. The number of carboxylic acids is 1. The monoisotopic (exact) mass is 826 g/mol. The molecule has 2 heterocycles. The lowest BCUT2D eigenvalue weighted by atomic mass is 9.88. The van der Waals surface area contributed by atoms with E-state index in [0.29, 0.717) is 50.8 Å². The van der Waals surface area contributed by atoms with Gasteiger partial charge in [0.2, 0.25) is 0 Å². The van der Waals surface area contributed by atoms with Crippen LogP contribution < -0.4 is 30.8 Å². The highest BCUT2D eigenvalue weighted by molar-refractivity contribution is 6.40. The zero-order valence-corrected chi connectivity index (χ0v) is 32.9. The normalized spacial score (nSPS) is 11.4. The van der Waals surface area contributed by atoms with Crippen LogP contribution in [0, 0.1) is 0 Å². The molecule has 0 atom stereocenters. The second-order valence-corrected chi connectivity index (χ2v) is 14.5. The van der Waals surface area contributed by atoms with Gasteiger partial charge in [-0.3, -0.25) is 9.59 Å². The van der Waals surface area contributed by atoms with Gasteiger partial charge in [-0.1, -0.05) is 66.2 Å². The Morgan fingerprint density at radius 3 is 2.29 bits per heavy atom. The standard InChI is InChI=1S/C45H32Cl2N2O7.CO2/c1-23-4-12-31-35(18-23)55-36-19-26(49(2)3)9-13-32(36)40(31)41-34(46)22-33(43(47)42(41)45(53)54)44(52)48-17-16-24-5-7-25(8-6-24)39-29-14-10-27(50)20-37(29)56-38-21-28(51)11-15-30(38)39;2-1-3/h4-15,18-22,50H,1,16-17H2,2-3H3,(H,48,52)(H,53,54);. The van der Waals surface area contributed by atoms with Gasteiger partial charge in [-0.15, -0.1) is 0 Å². The number of hydrogen-bond donors (Lipinski definition) is 3. The molecule has 3 N–H and O–H groups in total. The summed E-state index contributed by atoms with van der Waals surface area (Å²) in [5.41, 5.74) is 5.42. The molecule has 3 aliphatic rings. The predicted molar refractivity (Wildman–Crippen MR) is 224 cm³/mol. The zero-order valence-electron chi connectivity index (χ0n) is 31.4. The van der Waals surface area contributed by atoms with E-state index < -0.39 is 11.9 Å². The molecular weight excluding hydrogens is 795 g/mol. The van der Waals surface area contributed by atoms with Crippen LogP contribution in [0.25, 0.3) is 45.6 Å². The summed E-state index contributed by atoms with van der Waals surface area (Å²) in [6.45, 7) is 4.24. The Kier molecular flexibility index (Phi) is 11.1. The Morgan fingerprint density at radius 2 is 1.58 bits per heavy atom. The molecule has 8 rings (SSSR count). The van der Waals surface area contributed by atoms with Crippen LogP contribution in [0.5, 0.6) is 17.2 Å². The molecule has 0 bridgehead atoms. The van der Waals surface area contributed by atoms with Crippen LogP contribution in [-0.4, -0.2) is 48.9 Å². The molecule has 0 spiro atoms. The molecule has 13 heteroatoms. The van der Waals surface area contributed by atoms with E-state index in [2.05, 4.69) is 11.9 Å². The molecule has 1 amide bonds. The van der Waals surface area contributed by atoms with Crippen molar-refractivity contribution in [2.45, 2.75) is 6.42 Å². The van der Waals surface area contributed by atoms with Crippen molar-refractivity contribution in [1.29, 1.82) is 0 Å². The van der Waals surface area contributed by atoms with Crippen molar-refractivity contribution in [3.05, 3.63) is 162 Å². The fourth-order valence-corrected chi connectivity index (χ4v) is 7.74. The van der Waals surface area contributed by atoms with Crippen molar-refractivity contribution in [2.75, 3.05) is 25.5 Å². The number of fused-ring (bicyclic) bond motifs is 4. The third-order valence-electron chi connectivity index (χ3n) is 9.83. The van der Waals surface area contributed by atoms with Gasteiger partial charge in [0.05, 0.1) is 21.2 Å². The first-order valence-corrected chi connectivity index (χ1v) is 18.7. The summed E-state index contributed by atoms with van der Waals surface area (Å²) in [4.78, 5) is 56.9. The molecule has 0 saturated heterocycles. The summed E-state index contributed by atoms with van der Waals surface area (Å²) >= 11 is 13.8. The second kappa shape index (κ2) is 16.4. The summed E-state index contributed by atoms with van der Waals surface area (Å²) in [5, 5.41) is 25.4. The molecule has 1 aliphatic carbocycles. The molecule has 2 aliphatic heterocycles. The first kappa shape index (κ1) is 40.0. The van der Waals surface area contributed by atoms with E-state index >= 15 is 0 Å². The van der Waals surface area contributed by atoms with Crippen LogP contribution >= 0.6 is 23.2 Å². The number of carbonyl (C=O) groups excluding carboxylic acids is 3. The Morgan fingerprint density at radius 1 is 0.847 bits per heavy atom. The minimum atomic E-state index is -1.35. The third-order valence-corrected chi connectivity index (χ3v) is 10.5. The van der Waals surface area contributed by atoms with E-state index in [0.717, 1.165) is 33.3 Å². The van der Waals surface area contributed by atoms with Crippen LogP contribution in [0.15, 0.2) is 112 Å². The first-order valence-electron chi connectivity index (χ1n) is 17.9. The number of carboxylic acid groups (broad SMARTS) is 1. The molecule has 59 heavy (non-hydrogen) atoms. The number of anilines is 1. The summed E-state index contributed by atoms with van der Waals surface area (Å²) in [5.74, 6) is -0.495. The number of halogens is 2. The maximum atomic E-state index is 13.6. The van der Waals surface area contributed by atoms with Crippen molar-refractivity contribution in [3.63, 3.8) is 0 Å². The molecular formula is C46H32Cl2N2O9. The largest absolute Gasteiger partial charge is 0.508 e. The van der Waals surface area contributed by atoms with Crippen molar-refractivity contribution in [2.24, 2.45) is 0 Å². The summed E-state index contributed by atoms with van der Waals surface area (Å²) in [7, 11) is 3.81. The van der Waals surface area contributed by atoms with E-state index in [4.69, 9.17) is 41.9 Å². The lowest BCUT2D eigenvalue weighted by Gasteiger charge is -2.25. The number of nitrogens with zero attached hydrogens (tertiary/aromatic N) is 1. The molecule has 0 unspecified atom stereocenters. The maximum absolute atomic E-state index is 13.6. The predicted octanol–water partition coefficient (Wildman–Crippen LogP) is 7.49. The molecule has 294 valence electrons. The van der Waals surface area contributed by atoms with Gasteiger partial charge in [-0.05, 0) is 71.3 Å². The van der Waals surface area contributed by atoms with Crippen LogP contribution in [0.4, 0.5) is 5.69 Å². The molecule has 0 saturated carbocycles. The van der Waals surface area contributed by atoms with E-state index in [1.165, 1.54) is 24.3 Å². The number of aromatic carboxylic acids is 1. The lowest BCUT2D eigenvalue weighted by Crippen LogP contribution is -2.27. The van der Waals surface area contributed by atoms with Gasteiger partial charge in [0.1, 0.15) is 28.6 Å². The number of rotatable bonds is 8. The van der Waals surface area contributed by atoms with Gasteiger partial charge in [0.15, 0.2) is 5.43 Å². The summed E-state index contributed by atoms with van der Waals surface area (Å²) < 4.78 is 12.2. The quantitative estimate of drug-likeness (QED) is 0.131. The van der Waals surface area contributed by atoms with Crippen molar-refractivity contribution in [1.82, 2.24) is 5.32 Å². The van der Waals surface area contributed by atoms with Gasteiger partial charge in [0.25, 0.3) is 5.91 Å². The van der Waals surface area contributed by atoms with Crippen molar-refractivity contribution < 1.29 is 38.5 Å². The fraction of sp³-hybridized carbons (Fsp3) is 0.0870. The van der Waals surface area contributed by atoms with Crippen LogP contribution in [0.2, 0.25) is 10.0 Å². The third kappa shape index (κ3) is 7.78. The topological polar surface area (TPSA) is 163 Å². The SMILES string of the molecule is C=c1ccc2c(c1)Oc1cc(N(C)C)ccc1C=2c1c(Cl)cc(C(=O)NCCc2ccc(-c3c4ccc(=O)cc-4oc4cc(O)ccc34)cc2)c(Cl)c1C(=O)O.O=C=O. The smallest absolute Gasteiger partial charge is 0.373 e. The number of phenolic OH excluding ortho intramolecular Hbond substituents is 1.